The maximum Gasteiger partial charge on any atom is 0.315 e. The van der Waals surface area contributed by atoms with E-state index >= 15 is 0 Å². The van der Waals surface area contributed by atoms with E-state index < -0.39 is 0 Å². The minimum Gasteiger partial charge on any atom is -0.356 e. The predicted molar refractivity (Wildman–Crippen MR) is 133 cm³/mol. The lowest BCUT2D eigenvalue weighted by Crippen LogP contribution is -2.36. The van der Waals surface area contributed by atoms with Crippen molar-refractivity contribution in [2.45, 2.75) is 121 Å². The highest BCUT2D eigenvalue weighted by Gasteiger charge is 2.42. The fraction of sp³-hybridized carbons (Fsp3) is 0.840. The molecule has 2 aliphatic rings. The molecular weight excluding hydrogens is 438 g/mol. The van der Waals surface area contributed by atoms with Crippen LogP contribution in [-0.4, -0.2) is 53.1 Å². The van der Waals surface area contributed by atoms with Gasteiger partial charge in [0.25, 0.3) is 0 Å². The third-order valence-corrected chi connectivity index (χ3v) is 8.10. The summed E-state index contributed by atoms with van der Waals surface area (Å²) < 4.78 is 0. The number of Topliss-reactive ketones (excluding diaryl/α,β-unsaturated/α-hetero) is 2. The zero-order valence-electron chi connectivity index (χ0n) is 20.3. The van der Waals surface area contributed by atoms with E-state index in [0.717, 1.165) is 70.0 Å². The number of carbonyl (C=O) groups excluding carboxylic acids is 4. The standard InChI is InChI=1S/C25H43N3O4S/c1-2-19(29)12-7-5-11-17-26-23(31)16-8-4-3-6-13-20(30)14-9-10-15-22-24-21(18-33-22)27-25(32)28-24/h21-22,24H,2-18H2,1H3,(H,26,31)(H2,27,28,32). The number of carbonyl (C=O) groups is 4. The van der Waals surface area contributed by atoms with Crippen molar-refractivity contribution in [3.63, 3.8) is 0 Å². The highest BCUT2D eigenvalue weighted by Crippen LogP contribution is 2.33. The Balaban J connectivity index is 1.34. The molecule has 0 aromatic carbocycles. The van der Waals surface area contributed by atoms with Crippen molar-refractivity contribution >= 4 is 35.3 Å². The molecule has 0 spiro atoms. The van der Waals surface area contributed by atoms with Crippen molar-refractivity contribution < 1.29 is 19.2 Å². The fourth-order valence-electron chi connectivity index (χ4n) is 4.51. The summed E-state index contributed by atoms with van der Waals surface area (Å²) in [5.74, 6) is 1.75. The molecule has 188 valence electrons. The normalized spacial score (nSPS) is 21.4. The fourth-order valence-corrected chi connectivity index (χ4v) is 6.06. The molecule has 0 aromatic rings. The van der Waals surface area contributed by atoms with Crippen LogP contribution >= 0.6 is 11.8 Å². The van der Waals surface area contributed by atoms with Gasteiger partial charge in [0.1, 0.15) is 11.6 Å². The summed E-state index contributed by atoms with van der Waals surface area (Å²) >= 11 is 1.93. The number of nitrogens with one attached hydrogen (secondary N) is 3. The smallest absolute Gasteiger partial charge is 0.315 e. The second-order valence-electron chi connectivity index (χ2n) is 9.37. The lowest BCUT2D eigenvalue weighted by Gasteiger charge is -2.16. The Labute approximate surface area is 203 Å². The Hall–Kier alpha value is -1.57. The van der Waals surface area contributed by atoms with Gasteiger partial charge >= 0.3 is 6.03 Å². The first kappa shape index (κ1) is 27.7. The minimum atomic E-state index is -0.0427. The van der Waals surface area contributed by atoms with Crippen molar-refractivity contribution in [1.82, 2.24) is 16.0 Å². The molecule has 3 amide bonds. The predicted octanol–water partition coefficient (Wildman–Crippen LogP) is 4.28. The van der Waals surface area contributed by atoms with Crippen molar-refractivity contribution in [2.75, 3.05) is 12.3 Å². The molecule has 2 aliphatic heterocycles. The van der Waals surface area contributed by atoms with Crippen LogP contribution in [0.3, 0.4) is 0 Å². The number of fused-ring (bicyclic) bond motifs is 1. The molecule has 8 heteroatoms. The van der Waals surface area contributed by atoms with Gasteiger partial charge in [-0.05, 0) is 38.5 Å². The van der Waals surface area contributed by atoms with Gasteiger partial charge in [0.05, 0.1) is 12.1 Å². The van der Waals surface area contributed by atoms with Gasteiger partial charge in [-0.3, -0.25) is 14.4 Å². The summed E-state index contributed by atoms with van der Waals surface area (Å²) in [6.07, 6.45) is 12.8. The van der Waals surface area contributed by atoms with Gasteiger partial charge in [-0.15, -0.1) is 0 Å². The van der Waals surface area contributed by atoms with Gasteiger partial charge in [0.2, 0.25) is 5.91 Å². The van der Waals surface area contributed by atoms with E-state index in [1.54, 1.807) is 0 Å². The molecule has 3 atom stereocenters. The number of rotatable bonds is 19. The van der Waals surface area contributed by atoms with Crippen LogP contribution in [0.25, 0.3) is 0 Å². The maximum absolute atomic E-state index is 12.1. The second-order valence-corrected chi connectivity index (χ2v) is 10.6. The number of urea groups is 1. The first-order chi connectivity index (χ1) is 16.0. The first-order valence-electron chi connectivity index (χ1n) is 13.0. The molecular formula is C25H43N3O4S. The molecule has 2 fully saturated rings. The minimum absolute atomic E-state index is 0.0427. The van der Waals surface area contributed by atoms with Crippen LogP contribution in [-0.2, 0) is 14.4 Å². The summed E-state index contributed by atoms with van der Waals surface area (Å²) in [4.78, 5) is 46.6. The molecule has 0 radical (unpaired) electrons. The maximum atomic E-state index is 12.1. The SMILES string of the molecule is CCC(=O)CCCCCNC(=O)CCCCCCC(=O)CCCCC1SCC2NC(=O)NC21. The molecule has 2 saturated heterocycles. The average Bonchev–Trinajstić information content (AvgIpc) is 3.35. The monoisotopic (exact) mass is 481 g/mol. The molecule has 2 rings (SSSR count). The van der Waals surface area contributed by atoms with Gasteiger partial charge in [0, 0.05) is 49.7 Å². The number of hydrogen-bond acceptors (Lipinski definition) is 5. The zero-order chi connectivity index (χ0) is 23.9. The highest BCUT2D eigenvalue weighted by atomic mass is 32.2. The quantitative estimate of drug-likeness (QED) is 0.189. The Morgan fingerprint density at radius 1 is 0.848 bits per heavy atom. The van der Waals surface area contributed by atoms with Gasteiger partial charge in [0.15, 0.2) is 0 Å². The third-order valence-electron chi connectivity index (χ3n) is 6.59. The Kier molecular flexibility index (Phi) is 13.5. The Morgan fingerprint density at radius 3 is 2.21 bits per heavy atom. The molecule has 7 nitrogen and oxygen atoms in total. The molecule has 2 heterocycles. The zero-order valence-corrected chi connectivity index (χ0v) is 21.1. The number of ketones is 2. The molecule has 3 N–H and O–H groups in total. The lowest BCUT2D eigenvalue weighted by molar-refractivity contribution is -0.121. The van der Waals surface area contributed by atoms with Crippen molar-refractivity contribution in [3.8, 4) is 0 Å². The van der Waals surface area contributed by atoms with E-state index in [9.17, 15) is 19.2 Å². The lowest BCUT2D eigenvalue weighted by atomic mass is 10.0. The van der Waals surface area contributed by atoms with E-state index in [4.69, 9.17) is 0 Å². The van der Waals surface area contributed by atoms with Gasteiger partial charge in [-0.1, -0.05) is 32.6 Å². The van der Waals surface area contributed by atoms with E-state index in [1.807, 2.05) is 18.7 Å². The van der Waals surface area contributed by atoms with Crippen LogP contribution in [0, 0.1) is 0 Å². The Morgan fingerprint density at radius 2 is 1.48 bits per heavy atom. The summed E-state index contributed by atoms with van der Waals surface area (Å²) in [7, 11) is 0. The van der Waals surface area contributed by atoms with Gasteiger partial charge in [-0.2, -0.15) is 11.8 Å². The van der Waals surface area contributed by atoms with Crippen LogP contribution in [0.5, 0.6) is 0 Å². The summed E-state index contributed by atoms with van der Waals surface area (Å²) in [6, 6.07) is 0.482. The van der Waals surface area contributed by atoms with Crippen LogP contribution in [0.15, 0.2) is 0 Å². The van der Waals surface area contributed by atoms with Gasteiger partial charge < -0.3 is 16.0 Å². The average molecular weight is 482 g/mol. The van der Waals surface area contributed by atoms with E-state index in [0.29, 0.717) is 55.5 Å². The van der Waals surface area contributed by atoms with Crippen LogP contribution in [0.2, 0.25) is 0 Å². The Bertz CT molecular complexity index is 643. The van der Waals surface area contributed by atoms with E-state index in [-0.39, 0.29) is 24.0 Å². The number of thioether (sulfide) groups is 1. The molecule has 0 saturated carbocycles. The largest absolute Gasteiger partial charge is 0.356 e. The molecule has 0 aromatic heterocycles. The topological polar surface area (TPSA) is 104 Å². The number of hydrogen-bond donors (Lipinski definition) is 3. The molecule has 0 aliphatic carbocycles. The second kappa shape index (κ2) is 16.1. The summed E-state index contributed by atoms with van der Waals surface area (Å²) in [5, 5.41) is 9.40. The first-order valence-corrected chi connectivity index (χ1v) is 14.0. The van der Waals surface area contributed by atoms with Crippen molar-refractivity contribution in [1.29, 1.82) is 0 Å². The number of unbranched alkanes of at least 4 members (excludes halogenated alkanes) is 6. The van der Waals surface area contributed by atoms with E-state index in [1.165, 1.54) is 0 Å². The van der Waals surface area contributed by atoms with Crippen LogP contribution in [0.4, 0.5) is 4.79 Å². The summed E-state index contributed by atoms with van der Waals surface area (Å²) in [5.41, 5.74) is 0. The molecule has 0 bridgehead atoms. The highest BCUT2D eigenvalue weighted by molar-refractivity contribution is 8.00. The molecule has 33 heavy (non-hydrogen) atoms. The van der Waals surface area contributed by atoms with Crippen LogP contribution < -0.4 is 16.0 Å². The van der Waals surface area contributed by atoms with Crippen molar-refractivity contribution in [3.05, 3.63) is 0 Å². The molecule has 3 unspecified atom stereocenters. The number of amides is 3. The van der Waals surface area contributed by atoms with Gasteiger partial charge in [-0.25, -0.2) is 4.79 Å². The van der Waals surface area contributed by atoms with E-state index in [2.05, 4.69) is 16.0 Å². The third kappa shape index (κ3) is 11.4. The van der Waals surface area contributed by atoms with Crippen molar-refractivity contribution in [2.24, 2.45) is 0 Å². The summed E-state index contributed by atoms with van der Waals surface area (Å²) in [6.45, 7) is 2.59. The van der Waals surface area contributed by atoms with Crippen LogP contribution in [0.1, 0.15) is 103 Å².